The van der Waals surface area contributed by atoms with Crippen LogP contribution in [0.25, 0.3) is 0 Å². The molecule has 5 nitrogen and oxygen atoms in total. The Morgan fingerprint density at radius 3 is 2.94 bits per heavy atom. The number of aliphatic carboxylic acids is 1. The number of anilines is 1. The normalized spacial score (nSPS) is 30.3. The van der Waals surface area contributed by atoms with Crippen molar-refractivity contribution < 1.29 is 9.90 Å². The predicted molar refractivity (Wildman–Crippen MR) is 70.0 cm³/mol. The van der Waals surface area contributed by atoms with E-state index in [1.165, 1.54) is 37.3 Å². The van der Waals surface area contributed by atoms with Crippen molar-refractivity contribution in [3.8, 4) is 0 Å². The highest BCUT2D eigenvalue weighted by Crippen LogP contribution is 2.30. The van der Waals surface area contributed by atoms with Crippen LogP contribution in [0.5, 0.6) is 0 Å². The molecule has 0 radical (unpaired) electrons. The van der Waals surface area contributed by atoms with E-state index in [-0.39, 0.29) is 6.42 Å². The molecule has 1 aromatic rings. The van der Waals surface area contributed by atoms with Gasteiger partial charge in [0.1, 0.15) is 0 Å². The average molecular weight is 267 g/mol. The molecule has 18 heavy (non-hydrogen) atoms. The Bertz CT molecular complexity index is 440. The first kappa shape index (κ1) is 11.9. The van der Waals surface area contributed by atoms with Crippen LogP contribution in [-0.2, 0) is 11.2 Å². The van der Waals surface area contributed by atoms with Crippen molar-refractivity contribution in [1.82, 2.24) is 9.88 Å². The fourth-order valence-corrected chi connectivity index (χ4v) is 3.67. The standard InChI is InChI=1S/C12H17N3O2S/c16-11(17)5-9-7-18-12(13-9)14-10-6-15-3-1-8(10)2-4-15/h7-8,10H,1-6H2,(H,13,14)(H,16,17). The highest BCUT2D eigenvalue weighted by Gasteiger charge is 2.34. The van der Waals surface area contributed by atoms with Crippen LogP contribution >= 0.6 is 11.3 Å². The van der Waals surface area contributed by atoms with Gasteiger partial charge in [-0.15, -0.1) is 11.3 Å². The highest BCUT2D eigenvalue weighted by atomic mass is 32.1. The minimum Gasteiger partial charge on any atom is -0.481 e. The van der Waals surface area contributed by atoms with Gasteiger partial charge in [0, 0.05) is 18.0 Å². The maximum absolute atomic E-state index is 10.6. The van der Waals surface area contributed by atoms with Crippen molar-refractivity contribution in [3.05, 3.63) is 11.1 Å². The fourth-order valence-electron chi connectivity index (χ4n) is 2.90. The second-order valence-electron chi connectivity index (χ2n) is 5.10. The Morgan fingerprint density at radius 1 is 1.56 bits per heavy atom. The van der Waals surface area contributed by atoms with Gasteiger partial charge in [-0.25, -0.2) is 4.98 Å². The number of nitrogens with one attached hydrogen (secondary N) is 1. The molecule has 6 heteroatoms. The SMILES string of the molecule is O=C(O)Cc1csc(NC2CN3CCC2CC3)n1. The topological polar surface area (TPSA) is 65.5 Å². The molecule has 0 saturated carbocycles. The number of carboxylic acids is 1. The van der Waals surface area contributed by atoms with Gasteiger partial charge in [0.2, 0.25) is 0 Å². The van der Waals surface area contributed by atoms with Crippen LogP contribution in [0.1, 0.15) is 18.5 Å². The maximum atomic E-state index is 10.6. The number of hydrogen-bond acceptors (Lipinski definition) is 5. The quantitative estimate of drug-likeness (QED) is 0.860. The van der Waals surface area contributed by atoms with Crippen LogP contribution in [-0.4, -0.2) is 46.6 Å². The lowest BCUT2D eigenvalue weighted by molar-refractivity contribution is -0.136. The van der Waals surface area contributed by atoms with Crippen molar-refractivity contribution in [2.24, 2.45) is 5.92 Å². The Balaban J connectivity index is 1.62. The van der Waals surface area contributed by atoms with Crippen molar-refractivity contribution in [2.45, 2.75) is 25.3 Å². The van der Waals surface area contributed by atoms with Gasteiger partial charge in [-0.2, -0.15) is 0 Å². The van der Waals surface area contributed by atoms with Crippen molar-refractivity contribution in [1.29, 1.82) is 0 Å². The Morgan fingerprint density at radius 2 is 2.33 bits per heavy atom. The van der Waals surface area contributed by atoms with E-state index in [9.17, 15) is 4.79 Å². The van der Waals surface area contributed by atoms with E-state index >= 15 is 0 Å². The van der Waals surface area contributed by atoms with Gasteiger partial charge in [0.05, 0.1) is 12.1 Å². The number of rotatable bonds is 4. The average Bonchev–Trinajstić information content (AvgIpc) is 2.77. The minimum absolute atomic E-state index is 0.0123. The molecule has 1 unspecified atom stereocenters. The third-order valence-electron chi connectivity index (χ3n) is 3.85. The molecule has 0 spiro atoms. The highest BCUT2D eigenvalue weighted by molar-refractivity contribution is 7.13. The van der Waals surface area contributed by atoms with Crippen LogP contribution < -0.4 is 5.32 Å². The zero-order valence-corrected chi connectivity index (χ0v) is 10.9. The number of piperidine rings is 3. The van der Waals surface area contributed by atoms with Crippen LogP contribution in [0.15, 0.2) is 5.38 Å². The van der Waals surface area contributed by atoms with Crippen LogP contribution in [0.4, 0.5) is 5.13 Å². The number of thiazole rings is 1. The number of hydrogen-bond donors (Lipinski definition) is 2. The second-order valence-corrected chi connectivity index (χ2v) is 5.96. The predicted octanol–water partition coefficient (Wildman–Crippen LogP) is 1.28. The smallest absolute Gasteiger partial charge is 0.309 e. The first-order chi connectivity index (χ1) is 8.70. The summed E-state index contributed by atoms with van der Waals surface area (Å²) in [6.45, 7) is 3.55. The van der Waals surface area contributed by atoms with E-state index in [1.807, 2.05) is 5.38 Å². The van der Waals surface area contributed by atoms with Gasteiger partial charge in [-0.05, 0) is 31.8 Å². The molecular formula is C12H17N3O2S. The van der Waals surface area contributed by atoms with E-state index in [1.54, 1.807) is 0 Å². The van der Waals surface area contributed by atoms with Gasteiger partial charge in [0.15, 0.2) is 5.13 Å². The molecule has 98 valence electrons. The fraction of sp³-hybridized carbons (Fsp3) is 0.667. The first-order valence-electron chi connectivity index (χ1n) is 6.36. The van der Waals surface area contributed by atoms with Crippen molar-refractivity contribution in [2.75, 3.05) is 25.0 Å². The second kappa shape index (κ2) is 4.85. The van der Waals surface area contributed by atoms with Crippen LogP contribution in [0.3, 0.4) is 0 Å². The summed E-state index contributed by atoms with van der Waals surface area (Å²) in [6.07, 6.45) is 2.55. The third-order valence-corrected chi connectivity index (χ3v) is 4.67. The number of carbonyl (C=O) groups is 1. The molecule has 3 aliphatic heterocycles. The molecule has 2 bridgehead atoms. The summed E-state index contributed by atoms with van der Waals surface area (Å²) in [5.74, 6) is -0.0727. The van der Waals surface area contributed by atoms with E-state index in [0.29, 0.717) is 11.7 Å². The summed E-state index contributed by atoms with van der Waals surface area (Å²) in [4.78, 5) is 17.4. The molecule has 2 N–H and O–H groups in total. The van der Waals surface area contributed by atoms with Crippen LogP contribution in [0.2, 0.25) is 0 Å². The number of carboxylic acid groups (broad SMARTS) is 1. The molecule has 0 aliphatic carbocycles. The van der Waals surface area contributed by atoms with Gasteiger partial charge >= 0.3 is 5.97 Å². The lowest BCUT2D eigenvalue weighted by atomic mass is 9.84. The summed E-state index contributed by atoms with van der Waals surface area (Å²) in [5.41, 5.74) is 0.649. The molecule has 3 fully saturated rings. The van der Waals surface area contributed by atoms with E-state index in [2.05, 4.69) is 15.2 Å². The van der Waals surface area contributed by atoms with Crippen LogP contribution in [0, 0.1) is 5.92 Å². The summed E-state index contributed by atoms with van der Waals surface area (Å²) >= 11 is 1.51. The lowest BCUT2D eigenvalue weighted by Crippen LogP contribution is -2.53. The molecule has 4 heterocycles. The largest absolute Gasteiger partial charge is 0.481 e. The number of nitrogens with zero attached hydrogens (tertiary/aromatic N) is 2. The Kier molecular flexibility index (Phi) is 3.22. The summed E-state index contributed by atoms with van der Waals surface area (Å²) in [5, 5.41) is 14.9. The molecule has 3 aliphatic rings. The van der Waals surface area contributed by atoms with E-state index < -0.39 is 5.97 Å². The lowest BCUT2D eigenvalue weighted by Gasteiger charge is -2.44. The molecule has 3 saturated heterocycles. The van der Waals surface area contributed by atoms with Crippen molar-refractivity contribution >= 4 is 22.4 Å². The van der Waals surface area contributed by atoms with E-state index in [0.717, 1.165) is 17.6 Å². The summed E-state index contributed by atoms with van der Waals surface area (Å²) in [6, 6.07) is 0.483. The van der Waals surface area contributed by atoms with Gasteiger partial charge in [0.25, 0.3) is 0 Å². The Hall–Kier alpha value is -1.14. The monoisotopic (exact) mass is 267 g/mol. The van der Waals surface area contributed by atoms with Gasteiger partial charge in [-0.1, -0.05) is 0 Å². The molecule has 1 atom stereocenters. The zero-order chi connectivity index (χ0) is 12.5. The van der Waals surface area contributed by atoms with Crippen molar-refractivity contribution in [3.63, 3.8) is 0 Å². The van der Waals surface area contributed by atoms with Gasteiger partial charge < -0.3 is 15.3 Å². The molecule has 1 aromatic heterocycles. The summed E-state index contributed by atoms with van der Waals surface area (Å²) in [7, 11) is 0. The zero-order valence-electron chi connectivity index (χ0n) is 10.1. The first-order valence-corrected chi connectivity index (χ1v) is 7.24. The maximum Gasteiger partial charge on any atom is 0.309 e. The Labute approximate surface area is 110 Å². The number of fused-ring (bicyclic) bond motifs is 3. The number of aromatic nitrogens is 1. The molecule has 0 aromatic carbocycles. The molecule has 4 rings (SSSR count). The molecule has 0 amide bonds. The molecular weight excluding hydrogens is 250 g/mol. The van der Waals surface area contributed by atoms with E-state index in [4.69, 9.17) is 5.11 Å². The van der Waals surface area contributed by atoms with Gasteiger partial charge in [-0.3, -0.25) is 4.79 Å². The third kappa shape index (κ3) is 2.49. The minimum atomic E-state index is -0.824. The summed E-state index contributed by atoms with van der Waals surface area (Å²) < 4.78 is 0.